The number of rotatable bonds is 1. The van der Waals surface area contributed by atoms with Crippen LogP contribution in [0.1, 0.15) is 24.0 Å². The Hall–Kier alpha value is -1.40. The molecule has 0 N–H and O–H groups in total. The maximum atomic E-state index is 14.4. The number of benzene rings is 1. The molecular formula is C12H12FNO. The van der Waals surface area contributed by atoms with Gasteiger partial charge < -0.3 is 4.74 Å². The van der Waals surface area contributed by atoms with Gasteiger partial charge in [-0.05, 0) is 17.7 Å². The third kappa shape index (κ3) is 2.00. The maximum absolute atomic E-state index is 14.4. The van der Waals surface area contributed by atoms with Gasteiger partial charge in [0.2, 0.25) is 0 Å². The van der Waals surface area contributed by atoms with Crippen molar-refractivity contribution >= 4 is 0 Å². The number of halogens is 1. The van der Waals surface area contributed by atoms with Crippen molar-refractivity contribution in [2.75, 3.05) is 13.2 Å². The number of alkyl halides is 1. The zero-order chi connectivity index (χ0) is 10.7. The Morgan fingerprint density at radius 1 is 1.20 bits per heavy atom. The van der Waals surface area contributed by atoms with E-state index in [2.05, 4.69) is 0 Å². The second kappa shape index (κ2) is 4.00. The second-order valence-electron chi connectivity index (χ2n) is 3.77. The van der Waals surface area contributed by atoms with Crippen molar-refractivity contribution in [3.63, 3.8) is 0 Å². The number of nitriles is 1. The molecule has 1 saturated heterocycles. The maximum Gasteiger partial charge on any atom is 0.140 e. The molecule has 0 bridgehead atoms. The van der Waals surface area contributed by atoms with E-state index in [-0.39, 0.29) is 0 Å². The first-order chi connectivity index (χ1) is 7.24. The van der Waals surface area contributed by atoms with Crippen molar-refractivity contribution in [3.05, 3.63) is 35.4 Å². The van der Waals surface area contributed by atoms with Crippen LogP contribution in [0.5, 0.6) is 0 Å². The van der Waals surface area contributed by atoms with Crippen LogP contribution in [0.4, 0.5) is 4.39 Å². The van der Waals surface area contributed by atoms with Crippen LogP contribution >= 0.6 is 0 Å². The predicted octanol–water partition coefficient (Wildman–Crippen LogP) is 2.53. The third-order valence-corrected chi connectivity index (χ3v) is 2.82. The molecule has 78 valence electrons. The smallest absolute Gasteiger partial charge is 0.140 e. The average Bonchev–Trinajstić information content (AvgIpc) is 2.30. The lowest BCUT2D eigenvalue weighted by Crippen LogP contribution is -2.29. The fraction of sp³-hybridized carbons (Fsp3) is 0.417. The van der Waals surface area contributed by atoms with Gasteiger partial charge in [-0.2, -0.15) is 5.26 Å². The highest BCUT2D eigenvalue weighted by atomic mass is 19.1. The van der Waals surface area contributed by atoms with Crippen LogP contribution in [0.3, 0.4) is 0 Å². The van der Waals surface area contributed by atoms with Crippen LogP contribution < -0.4 is 0 Å². The summed E-state index contributed by atoms with van der Waals surface area (Å²) in [5.74, 6) is 0. The van der Waals surface area contributed by atoms with Gasteiger partial charge in [0.15, 0.2) is 0 Å². The third-order valence-electron chi connectivity index (χ3n) is 2.82. The average molecular weight is 205 g/mol. The molecule has 2 rings (SSSR count). The molecule has 3 heteroatoms. The molecule has 0 unspecified atom stereocenters. The summed E-state index contributed by atoms with van der Waals surface area (Å²) in [5, 5.41) is 8.64. The summed E-state index contributed by atoms with van der Waals surface area (Å²) in [6, 6.07) is 8.74. The molecule has 15 heavy (non-hydrogen) atoms. The van der Waals surface area contributed by atoms with E-state index in [1.807, 2.05) is 6.07 Å². The predicted molar refractivity (Wildman–Crippen MR) is 54.0 cm³/mol. The fourth-order valence-corrected chi connectivity index (χ4v) is 1.83. The van der Waals surface area contributed by atoms with Crippen molar-refractivity contribution in [2.45, 2.75) is 18.5 Å². The van der Waals surface area contributed by atoms with Crippen LogP contribution in [0.15, 0.2) is 24.3 Å². The van der Waals surface area contributed by atoms with Crippen molar-refractivity contribution in [3.8, 4) is 6.07 Å². The lowest BCUT2D eigenvalue weighted by atomic mass is 9.88. The molecule has 1 aliphatic rings. The van der Waals surface area contributed by atoms with E-state index in [1.54, 1.807) is 24.3 Å². The number of hydrogen-bond acceptors (Lipinski definition) is 2. The summed E-state index contributed by atoms with van der Waals surface area (Å²) < 4.78 is 19.5. The van der Waals surface area contributed by atoms with Gasteiger partial charge >= 0.3 is 0 Å². The molecule has 0 atom stereocenters. The number of nitrogens with zero attached hydrogens (tertiary/aromatic N) is 1. The van der Waals surface area contributed by atoms with Gasteiger partial charge in [-0.1, -0.05) is 12.1 Å². The molecule has 0 saturated carbocycles. The van der Waals surface area contributed by atoms with E-state index in [0.29, 0.717) is 37.2 Å². The minimum Gasteiger partial charge on any atom is -0.381 e. The largest absolute Gasteiger partial charge is 0.381 e. The van der Waals surface area contributed by atoms with Crippen LogP contribution in [0.25, 0.3) is 0 Å². The summed E-state index contributed by atoms with van der Waals surface area (Å²) in [6.45, 7) is 0.938. The first-order valence-electron chi connectivity index (χ1n) is 5.02. The van der Waals surface area contributed by atoms with E-state index in [9.17, 15) is 4.39 Å². The van der Waals surface area contributed by atoms with Crippen molar-refractivity contribution in [1.82, 2.24) is 0 Å². The lowest BCUT2D eigenvalue weighted by Gasteiger charge is -2.29. The Morgan fingerprint density at radius 2 is 1.80 bits per heavy atom. The molecule has 2 nitrogen and oxygen atoms in total. The SMILES string of the molecule is N#Cc1ccc(C2(F)CCOCC2)cc1. The minimum absolute atomic E-state index is 0.402. The highest BCUT2D eigenvalue weighted by Crippen LogP contribution is 2.36. The van der Waals surface area contributed by atoms with Gasteiger partial charge in [-0.15, -0.1) is 0 Å². The summed E-state index contributed by atoms with van der Waals surface area (Å²) in [4.78, 5) is 0. The van der Waals surface area contributed by atoms with E-state index < -0.39 is 5.67 Å². The summed E-state index contributed by atoms with van der Waals surface area (Å²) >= 11 is 0. The fourth-order valence-electron chi connectivity index (χ4n) is 1.83. The summed E-state index contributed by atoms with van der Waals surface area (Å²) in [6.07, 6.45) is 0.803. The normalized spacial score (nSPS) is 19.5. The molecule has 0 aliphatic carbocycles. The Morgan fingerprint density at radius 3 is 2.33 bits per heavy atom. The van der Waals surface area contributed by atoms with Crippen LogP contribution in [-0.2, 0) is 10.4 Å². The van der Waals surface area contributed by atoms with Crippen LogP contribution in [-0.4, -0.2) is 13.2 Å². The zero-order valence-corrected chi connectivity index (χ0v) is 8.37. The molecule has 1 aromatic carbocycles. The molecule has 0 aromatic heterocycles. The Kier molecular flexibility index (Phi) is 2.70. The zero-order valence-electron chi connectivity index (χ0n) is 8.37. The van der Waals surface area contributed by atoms with Gasteiger partial charge in [0.05, 0.1) is 11.6 Å². The van der Waals surface area contributed by atoms with Gasteiger partial charge in [-0.3, -0.25) is 0 Å². The van der Waals surface area contributed by atoms with Gasteiger partial charge in [0, 0.05) is 26.1 Å². The molecule has 0 spiro atoms. The van der Waals surface area contributed by atoms with E-state index >= 15 is 0 Å². The van der Waals surface area contributed by atoms with E-state index in [0.717, 1.165) is 0 Å². The van der Waals surface area contributed by atoms with Crippen molar-refractivity contribution < 1.29 is 9.13 Å². The van der Waals surface area contributed by atoms with Crippen LogP contribution in [0, 0.1) is 11.3 Å². The molecule has 1 aliphatic heterocycles. The molecule has 1 aromatic rings. The van der Waals surface area contributed by atoms with E-state index in [4.69, 9.17) is 10.00 Å². The minimum atomic E-state index is -1.27. The summed E-state index contributed by atoms with van der Waals surface area (Å²) in [7, 11) is 0. The second-order valence-corrected chi connectivity index (χ2v) is 3.77. The highest BCUT2D eigenvalue weighted by molar-refractivity contribution is 5.34. The van der Waals surface area contributed by atoms with E-state index in [1.165, 1.54) is 0 Å². The molecule has 1 fully saturated rings. The quantitative estimate of drug-likeness (QED) is 0.705. The topological polar surface area (TPSA) is 33.0 Å². The Labute approximate surface area is 88.3 Å². The number of hydrogen-bond donors (Lipinski definition) is 0. The summed E-state index contributed by atoms with van der Waals surface area (Å²) in [5.41, 5.74) is -0.0501. The Bertz CT molecular complexity index is 374. The standard InChI is InChI=1S/C12H12FNO/c13-12(5-7-15-8-6-12)11-3-1-10(9-14)2-4-11/h1-4H,5-8H2. The van der Waals surface area contributed by atoms with Crippen molar-refractivity contribution in [1.29, 1.82) is 5.26 Å². The van der Waals surface area contributed by atoms with Gasteiger partial charge in [0.1, 0.15) is 5.67 Å². The molecular weight excluding hydrogens is 193 g/mol. The van der Waals surface area contributed by atoms with Gasteiger partial charge in [-0.25, -0.2) is 4.39 Å². The first kappa shape index (κ1) is 10.1. The molecule has 0 amide bonds. The monoisotopic (exact) mass is 205 g/mol. The molecule has 1 heterocycles. The molecule has 0 radical (unpaired) electrons. The highest BCUT2D eigenvalue weighted by Gasteiger charge is 2.33. The van der Waals surface area contributed by atoms with Crippen molar-refractivity contribution in [2.24, 2.45) is 0 Å². The van der Waals surface area contributed by atoms with Crippen LogP contribution in [0.2, 0.25) is 0 Å². The lowest BCUT2D eigenvalue weighted by molar-refractivity contribution is -0.0114. The first-order valence-corrected chi connectivity index (χ1v) is 5.02. The Balaban J connectivity index is 2.24. The number of ether oxygens (including phenoxy) is 1. The van der Waals surface area contributed by atoms with Gasteiger partial charge in [0.25, 0.3) is 0 Å².